The van der Waals surface area contributed by atoms with Gasteiger partial charge in [0.05, 0.1) is 30.6 Å². The third kappa shape index (κ3) is 5.69. The molecule has 0 aliphatic carbocycles. The van der Waals surface area contributed by atoms with Gasteiger partial charge >= 0.3 is 0 Å². The maximum Gasteiger partial charge on any atom is 0.249 e. The molecule has 8 heteroatoms. The number of carbonyl (C=O) groups is 3. The molecule has 6 atom stereocenters. The second-order valence-electron chi connectivity index (χ2n) is 14.1. The molecule has 3 fully saturated rings. The zero-order valence-electron chi connectivity index (χ0n) is 25.4. The first-order chi connectivity index (χ1) is 18.1. The standard InChI is InChI=1S/C31H51N3O5/c1-11-15-32(10)26(36)23-22-13-14-31(39-22)24(23)27(37)34(21(18-35)17-20(3)4)25(31)28(38)33(16-12-2)30(8,9)19-29(5,6)7/h11-12,20-25,35H,1-2,13-19H2,3-10H3/t21-,22+,23-,24+,25?,31?/m1/s1. The molecule has 39 heavy (non-hydrogen) atoms. The van der Waals surface area contributed by atoms with Gasteiger partial charge < -0.3 is 24.5 Å². The largest absolute Gasteiger partial charge is 0.394 e. The normalized spacial score (nSPS) is 29.0. The van der Waals surface area contributed by atoms with Crippen LogP contribution in [0.15, 0.2) is 25.3 Å². The summed E-state index contributed by atoms with van der Waals surface area (Å²) < 4.78 is 6.63. The first kappa shape index (κ1) is 31.3. The van der Waals surface area contributed by atoms with Crippen LogP contribution in [0.5, 0.6) is 0 Å². The van der Waals surface area contributed by atoms with Gasteiger partial charge in [-0.1, -0.05) is 46.8 Å². The highest BCUT2D eigenvalue weighted by Gasteiger charge is 2.75. The Bertz CT molecular complexity index is 970. The van der Waals surface area contributed by atoms with Crippen molar-refractivity contribution in [1.82, 2.24) is 14.7 Å². The molecule has 0 saturated carbocycles. The van der Waals surface area contributed by atoms with Crippen LogP contribution in [0.2, 0.25) is 0 Å². The first-order valence-electron chi connectivity index (χ1n) is 14.5. The maximum absolute atomic E-state index is 14.8. The lowest BCUT2D eigenvalue weighted by Crippen LogP contribution is -2.62. The van der Waals surface area contributed by atoms with Crippen LogP contribution in [0, 0.1) is 23.2 Å². The number of carbonyl (C=O) groups excluding carboxylic acids is 3. The number of likely N-dealkylation sites (N-methyl/N-ethyl adjacent to an activating group) is 1. The van der Waals surface area contributed by atoms with E-state index in [1.165, 1.54) is 0 Å². The van der Waals surface area contributed by atoms with Crippen molar-refractivity contribution < 1.29 is 24.2 Å². The van der Waals surface area contributed by atoms with Crippen molar-refractivity contribution in [3.05, 3.63) is 25.3 Å². The summed E-state index contributed by atoms with van der Waals surface area (Å²) in [4.78, 5) is 47.8. The number of hydrogen-bond acceptors (Lipinski definition) is 5. The van der Waals surface area contributed by atoms with Crippen molar-refractivity contribution in [2.45, 2.75) is 103 Å². The molecule has 0 radical (unpaired) electrons. The Hall–Kier alpha value is -2.19. The predicted octanol–water partition coefficient (Wildman–Crippen LogP) is 3.64. The first-order valence-corrected chi connectivity index (χ1v) is 14.5. The number of aliphatic hydroxyl groups is 1. The maximum atomic E-state index is 14.8. The summed E-state index contributed by atoms with van der Waals surface area (Å²) in [5.41, 5.74) is -1.68. The summed E-state index contributed by atoms with van der Waals surface area (Å²) >= 11 is 0. The van der Waals surface area contributed by atoms with E-state index in [2.05, 4.69) is 47.8 Å². The third-order valence-corrected chi connectivity index (χ3v) is 8.66. The summed E-state index contributed by atoms with van der Waals surface area (Å²) in [5.74, 6) is -1.84. The molecule has 1 spiro atoms. The summed E-state index contributed by atoms with van der Waals surface area (Å²) in [5, 5.41) is 10.5. The number of hydrogen-bond donors (Lipinski definition) is 1. The molecule has 3 aliphatic rings. The van der Waals surface area contributed by atoms with E-state index >= 15 is 0 Å². The summed E-state index contributed by atoms with van der Waals surface area (Å²) in [6, 6.07) is -1.47. The Morgan fingerprint density at radius 2 is 1.77 bits per heavy atom. The number of nitrogens with zero attached hydrogens (tertiary/aromatic N) is 3. The molecule has 3 saturated heterocycles. The fourth-order valence-electron chi connectivity index (χ4n) is 7.71. The van der Waals surface area contributed by atoms with Crippen LogP contribution in [0.25, 0.3) is 0 Å². The minimum atomic E-state index is -1.10. The van der Waals surface area contributed by atoms with Crippen molar-refractivity contribution in [1.29, 1.82) is 0 Å². The van der Waals surface area contributed by atoms with E-state index in [1.807, 2.05) is 18.7 Å². The Kier molecular flexibility index (Phi) is 9.13. The Balaban J connectivity index is 2.15. The van der Waals surface area contributed by atoms with Crippen molar-refractivity contribution >= 4 is 17.7 Å². The van der Waals surface area contributed by atoms with Gasteiger partial charge in [0, 0.05) is 25.7 Å². The lowest BCUT2D eigenvalue weighted by Gasteiger charge is -2.46. The molecule has 0 aromatic heterocycles. The fraction of sp³-hybridized carbons (Fsp3) is 0.774. The van der Waals surface area contributed by atoms with Crippen molar-refractivity contribution in [2.75, 3.05) is 26.7 Å². The van der Waals surface area contributed by atoms with Gasteiger partial charge in [0.1, 0.15) is 11.6 Å². The van der Waals surface area contributed by atoms with Crippen LogP contribution < -0.4 is 0 Å². The number of aliphatic hydroxyl groups excluding tert-OH is 1. The highest BCUT2D eigenvalue weighted by molar-refractivity contribution is 5.99. The van der Waals surface area contributed by atoms with E-state index in [4.69, 9.17) is 4.74 Å². The summed E-state index contributed by atoms with van der Waals surface area (Å²) in [7, 11) is 1.71. The topological polar surface area (TPSA) is 90.4 Å². The Labute approximate surface area is 235 Å². The number of rotatable bonds is 12. The molecule has 220 valence electrons. The highest BCUT2D eigenvalue weighted by atomic mass is 16.5. The minimum absolute atomic E-state index is 0.0456. The third-order valence-electron chi connectivity index (χ3n) is 8.66. The molecule has 3 heterocycles. The van der Waals surface area contributed by atoms with Crippen LogP contribution >= 0.6 is 0 Å². The summed E-state index contributed by atoms with van der Waals surface area (Å²) in [6.45, 7) is 22.7. The van der Waals surface area contributed by atoms with E-state index in [-0.39, 0.29) is 35.7 Å². The zero-order valence-corrected chi connectivity index (χ0v) is 25.4. The van der Waals surface area contributed by atoms with Gasteiger partial charge in [-0.2, -0.15) is 0 Å². The van der Waals surface area contributed by atoms with Crippen LogP contribution in [-0.2, 0) is 19.1 Å². The lowest BCUT2D eigenvalue weighted by atomic mass is 9.70. The molecule has 8 nitrogen and oxygen atoms in total. The van der Waals surface area contributed by atoms with Gasteiger partial charge in [0.25, 0.3) is 0 Å². The molecule has 0 aromatic rings. The molecule has 3 aliphatic heterocycles. The monoisotopic (exact) mass is 545 g/mol. The van der Waals surface area contributed by atoms with E-state index in [0.717, 1.165) is 6.42 Å². The van der Waals surface area contributed by atoms with E-state index < -0.39 is 41.2 Å². The lowest BCUT2D eigenvalue weighted by molar-refractivity contribution is -0.156. The van der Waals surface area contributed by atoms with Crippen molar-refractivity contribution in [3.63, 3.8) is 0 Å². The van der Waals surface area contributed by atoms with E-state index in [0.29, 0.717) is 32.4 Å². The van der Waals surface area contributed by atoms with Gasteiger partial charge in [-0.05, 0) is 50.9 Å². The van der Waals surface area contributed by atoms with Gasteiger partial charge in [-0.3, -0.25) is 14.4 Å². The molecule has 0 aromatic carbocycles. The second kappa shape index (κ2) is 11.4. The van der Waals surface area contributed by atoms with Crippen molar-refractivity contribution in [3.8, 4) is 0 Å². The SMILES string of the molecule is C=CCN(C)C(=O)[C@@H]1[C@@H]2CCC3(O2)C(C(=O)N(CC=C)C(C)(C)CC(C)(C)C)N([C@@H](CO)CC(C)C)C(=O)[C@H]13. The van der Waals surface area contributed by atoms with Gasteiger partial charge in [0.15, 0.2) is 0 Å². The number of likely N-dealkylation sites (tertiary alicyclic amines) is 1. The molecule has 2 bridgehead atoms. The Morgan fingerprint density at radius 3 is 2.28 bits per heavy atom. The van der Waals surface area contributed by atoms with Crippen LogP contribution in [-0.4, -0.2) is 93.6 Å². The smallest absolute Gasteiger partial charge is 0.249 e. The Morgan fingerprint density at radius 1 is 1.15 bits per heavy atom. The number of ether oxygens (including phenoxy) is 1. The van der Waals surface area contributed by atoms with Crippen LogP contribution in [0.1, 0.15) is 74.1 Å². The average molecular weight is 546 g/mol. The average Bonchev–Trinajstić information content (AvgIpc) is 3.46. The quantitative estimate of drug-likeness (QED) is 0.378. The number of fused-ring (bicyclic) bond motifs is 1. The van der Waals surface area contributed by atoms with Gasteiger partial charge in [-0.25, -0.2) is 0 Å². The molecule has 3 amide bonds. The highest BCUT2D eigenvalue weighted by Crippen LogP contribution is 2.59. The molecular formula is C31H51N3O5. The fourth-order valence-corrected chi connectivity index (χ4v) is 7.71. The van der Waals surface area contributed by atoms with Crippen molar-refractivity contribution in [2.24, 2.45) is 23.2 Å². The van der Waals surface area contributed by atoms with Gasteiger partial charge in [-0.15, -0.1) is 13.2 Å². The predicted molar refractivity (Wildman–Crippen MR) is 153 cm³/mol. The molecular weight excluding hydrogens is 494 g/mol. The number of amides is 3. The summed E-state index contributed by atoms with van der Waals surface area (Å²) in [6.07, 6.45) is 5.39. The van der Waals surface area contributed by atoms with E-state index in [9.17, 15) is 19.5 Å². The van der Waals surface area contributed by atoms with Gasteiger partial charge in [0.2, 0.25) is 17.7 Å². The molecule has 3 rings (SSSR count). The zero-order chi connectivity index (χ0) is 29.5. The second-order valence-corrected chi connectivity index (χ2v) is 14.1. The molecule has 2 unspecified atom stereocenters. The van der Waals surface area contributed by atoms with Crippen LogP contribution in [0.4, 0.5) is 0 Å². The van der Waals surface area contributed by atoms with Crippen LogP contribution in [0.3, 0.4) is 0 Å². The molecule has 1 N–H and O–H groups in total. The minimum Gasteiger partial charge on any atom is -0.394 e. The van der Waals surface area contributed by atoms with E-state index in [1.54, 1.807) is 29.0 Å².